The number of rotatable bonds is 6. The first kappa shape index (κ1) is 14.8. The first-order chi connectivity index (χ1) is 10.00. The van der Waals surface area contributed by atoms with Crippen LogP contribution >= 0.6 is 23.9 Å². The van der Waals surface area contributed by atoms with Crippen molar-refractivity contribution in [2.45, 2.75) is 30.2 Å². The molecule has 0 aliphatic heterocycles. The van der Waals surface area contributed by atoms with Gasteiger partial charge in [-0.3, -0.25) is 0 Å². The van der Waals surface area contributed by atoms with Crippen LogP contribution in [0.2, 0.25) is 0 Å². The SMILES string of the molecule is NC(=S)CCN(C1CC1)S(=O)(=O)c1cccc2nsnc12. The van der Waals surface area contributed by atoms with Gasteiger partial charge in [0.2, 0.25) is 10.0 Å². The van der Waals surface area contributed by atoms with Crippen LogP contribution in [0.5, 0.6) is 0 Å². The van der Waals surface area contributed by atoms with Gasteiger partial charge in [0.15, 0.2) is 0 Å². The second-order valence-corrected chi connectivity index (χ2v) is 7.86. The molecule has 1 heterocycles. The Kier molecular flexibility index (Phi) is 3.91. The van der Waals surface area contributed by atoms with E-state index in [4.69, 9.17) is 18.0 Å². The highest BCUT2D eigenvalue weighted by Crippen LogP contribution is 2.34. The van der Waals surface area contributed by atoms with Gasteiger partial charge < -0.3 is 5.73 Å². The van der Waals surface area contributed by atoms with Gasteiger partial charge in [-0.2, -0.15) is 13.1 Å². The zero-order chi connectivity index (χ0) is 15.0. The van der Waals surface area contributed by atoms with Gasteiger partial charge >= 0.3 is 0 Å². The van der Waals surface area contributed by atoms with E-state index < -0.39 is 10.0 Å². The lowest BCUT2D eigenvalue weighted by atomic mass is 10.3. The number of fused-ring (bicyclic) bond motifs is 1. The van der Waals surface area contributed by atoms with Crippen molar-refractivity contribution in [3.05, 3.63) is 18.2 Å². The van der Waals surface area contributed by atoms with Crippen molar-refractivity contribution in [3.63, 3.8) is 0 Å². The maximum Gasteiger partial charge on any atom is 0.245 e. The molecule has 1 aromatic carbocycles. The number of hydrogen-bond acceptors (Lipinski definition) is 6. The molecule has 1 aromatic heterocycles. The molecule has 9 heteroatoms. The highest BCUT2D eigenvalue weighted by molar-refractivity contribution is 7.89. The number of aromatic nitrogens is 2. The molecule has 2 aromatic rings. The summed E-state index contributed by atoms with van der Waals surface area (Å²) in [6.45, 7) is 0.316. The molecular formula is C12H14N4O2S3. The molecule has 0 radical (unpaired) electrons. The van der Waals surface area contributed by atoms with Gasteiger partial charge in [0.1, 0.15) is 15.9 Å². The van der Waals surface area contributed by atoms with Crippen LogP contribution in [-0.2, 0) is 10.0 Å². The lowest BCUT2D eigenvalue weighted by molar-refractivity contribution is 0.413. The van der Waals surface area contributed by atoms with Crippen LogP contribution in [-0.4, -0.2) is 39.0 Å². The molecule has 1 aliphatic carbocycles. The Bertz CT molecular complexity index is 783. The third-order valence-corrected chi connectivity index (χ3v) is 6.10. The molecule has 1 fully saturated rings. The number of hydrogen-bond donors (Lipinski definition) is 1. The van der Waals surface area contributed by atoms with Crippen molar-refractivity contribution >= 4 is 50.0 Å². The number of nitrogens with two attached hydrogens (primary N) is 1. The van der Waals surface area contributed by atoms with Gasteiger partial charge in [-0.05, 0) is 25.0 Å². The fourth-order valence-electron chi connectivity index (χ4n) is 2.20. The van der Waals surface area contributed by atoms with Crippen LogP contribution in [0.15, 0.2) is 23.1 Å². The molecule has 2 N–H and O–H groups in total. The zero-order valence-electron chi connectivity index (χ0n) is 11.1. The van der Waals surface area contributed by atoms with Gasteiger partial charge in [-0.1, -0.05) is 18.3 Å². The summed E-state index contributed by atoms with van der Waals surface area (Å²) < 4.78 is 35.5. The molecule has 0 amide bonds. The number of sulfonamides is 1. The van der Waals surface area contributed by atoms with E-state index in [0.29, 0.717) is 29.0 Å². The molecule has 112 valence electrons. The predicted octanol–water partition coefficient (Wildman–Crippen LogP) is 1.52. The third kappa shape index (κ3) is 2.91. The predicted molar refractivity (Wildman–Crippen MR) is 85.7 cm³/mol. The van der Waals surface area contributed by atoms with E-state index in [0.717, 1.165) is 24.6 Å². The molecule has 0 atom stereocenters. The van der Waals surface area contributed by atoms with Crippen molar-refractivity contribution in [2.75, 3.05) is 6.54 Å². The summed E-state index contributed by atoms with van der Waals surface area (Å²) in [5.41, 5.74) is 6.54. The minimum atomic E-state index is -3.61. The Balaban J connectivity index is 2.01. The Morgan fingerprint density at radius 2 is 2.19 bits per heavy atom. The summed E-state index contributed by atoms with van der Waals surface area (Å²) in [5, 5.41) is 0. The Labute approximate surface area is 132 Å². The zero-order valence-corrected chi connectivity index (χ0v) is 13.5. The normalized spacial score (nSPS) is 15.7. The summed E-state index contributed by atoms with van der Waals surface area (Å²) in [4.78, 5) is 0.535. The fourth-order valence-corrected chi connectivity index (χ4v) is 4.73. The Morgan fingerprint density at radius 1 is 1.43 bits per heavy atom. The van der Waals surface area contributed by atoms with E-state index in [1.165, 1.54) is 4.31 Å². The third-order valence-electron chi connectivity index (χ3n) is 3.37. The molecule has 21 heavy (non-hydrogen) atoms. The van der Waals surface area contributed by atoms with Crippen molar-refractivity contribution in [2.24, 2.45) is 5.73 Å². The van der Waals surface area contributed by atoms with Crippen molar-refractivity contribution < 1.29 is 8.42 Å². The highest BCUT2D eigenvalue weighted by Gasteiger charge is 2.38. The molecule has 1 saturated carbocycles. The molecule has 0 saturated heterocycles. The van der Waals surface area contributed by atoms with Gasteiger partial charge in [0.25, 0.3) is 0 Å². The first-order valence-electron chi connectivity index (χ1n) is 6.51. The van der Waals surface area contributed by atoms with Gasteiger partial charge in [-0.15, -0.1) is 0 Å². The Hall–Kier alpha value is -1.16. The average Bonchev–Trinajstić information content (AvgIpc) is 3.14. The van der Waals surface area contributed by atoms with Crippen LogP contribution in [0.1, 0.15) is 19.3 Å². The van der Waals surface area contributed by atoms with Crippen molar-refractivity contribution in [3.8, 4) is 0 Å². The smallest absolute Gasteiger partial charge is 0.245 e. The van der Waals surface area contributed by atoms with E-state index >= 15 is 0 Å². The minimum absolute atomic E-state index is 0.0474. The van der Waals surface area contributed by atoms with Crippen LogP contribution < -0.4 is 5.73 Å². The lowest BCUT2D eigenvalue weighted by Crippen LogP contribution is -2.35. The number of nitrogens with zero attached hydrogens (tertiary/aromatic N) is 3. The van der Waals surface area contributed by atoms with E-state index in [9.17, 15) is 8.42 Å². The maximum atomic E-state index is 12.9. The topological polar surface area (TPSA) is 89.2 Å². The molecule has 6 nitrogen and oxygen atoms in total. The van der Waals surface area contributed by atoms with Crippen LogP contribution in [0.4, 0.5) is 0 Å². The molecule has 3 rings (SSSR count). The van der Waals surface area contributed by atoms with Crippen LogP contribution in [0.25, 0.3) is 11.0 Å². The monoisotopic (exact) mass is 342 g/mol. The second-order valence-electron chi connectivity index (χ2n) is 4.95. The second kappa shape index (κ2) is 5.56. The molecule has 1 aliphatic rings. The van der Waals surface area contributed by atoms with Crippen molar-refractivity contribution in [1.29, 1.82) is 0 Å². The molecule has 0 bridgehead atoms. The van der Waals surface area contributed by atoms with Crippen LogP contribution in [0.3, 0.4) is 0 Å². The van der Waals surface area contributed by atoms with Crippen LogP contribution in [0, 0.1) is 0 Å². The van der Waals surface area contributed by atoms with Gasteiger partial charge in [0, 0.05) is 19.0 Å². The van der Waals surface area contributed by atoms with Crippen molar-refractivity contribution in [1.82, 2.24) is 13.1 Å². The fraction of sp³-hybridized carbons (Fsp3) is 0.417. The molecule has 0 spiro atoms. The summed E-state index contributed by atoms with van der Waals surface area (Å²) in [5.74, 6) is 0. The van der Waals surface area contributed by atoms with E-state index in [1.54, 1.807) is 18.2 Å². The quantitative estimate of drug-likeness (QED) is 0.801. The van der Waals surface area contributed by atoms with Gasteiger partial charge in [-0.25, -0.2) is 8.42 Å². The number of thiocarbonyl (C=S) groups is 1. The largest absolute Gasteiger partial charge is 0.393 e. The summed E-state index contributed by atoms with van der Waals surface area (Å²) >= 11 is 5.87. The minimum Gasteiger partial charge on any atom is -0.393 e. The highest BCUT2D eigenvalue weighted by atomic mass is 32.2. The first-order valence-corrected chi connectivity index (χ1v) is 9.09. The summed E-state index contributed by atoms with van der Waals surface area (Å²) in [7, 11) is -3.61. The van der Waals surface area contributed by atoms with Gasteiger partial charge in [0.05, 0.1) is 16.7 Å². The number of benzene rings is 1. The Morgan fingerprint density at radius 3 is 2.86 bits per heavy atom. The van der Waals surface area contributed by atoms with E-state index in [2.05, 4.69) is 8.75 Å². The summed E-state index contributed by atoms with van der Waals surface area (Å²) in [6.07, 6.45) is 2.14. The van der Waals surface area contributed by atoms with E-state index in [1.807, 2.05) is 0 Å². The molecular weight excluding hydrogens is 328 g/mol. The standard InChI is InChI=1S/C12H14N4O2S3/c13-11(19)6-7-16(8-4-5-8)21(17,18)10-3-1-2-9-12(10)15-20-14-9/h1-3,8H,4-7H2,(H2,13,19). The molecule has 0 unspecified atom stereocenters. The average molecular weight is 342 g/mol. The lowest BCUT2D eigenvalue weighted by Gasteiger charge is -2.21. The summed E-state index contributed by atoms with van der Waals surface area (Å²) in [6, 6.07) is 5.07. The van der Waals surface area contributed by atoms with E-state index in [-0.39, 0.29) is 10.9 Å². The maximum absolute atomic E-state index is 12.9.